The van der Waals surface area contributed by atoms with E-state index in [0.717, 1.165) is 5.56 Å². The fourth-order valence-electron chi connectivity index (χ4n) is 5.43. The van der Waals surface area contributed by atoms with Gasteiger partial charge in [0.15, 0.2) is 0 Å². The van der Waals surface area contributed by atoms with Gasteiger partial charge in [-0.1, -0.05) is 56.7 Å². The molecule has 0 fully saturated rings. The maximum absolute atomic E-state index is 14.1. The summed E-state index contributed by atoms with van der Waals surface area (Å²) in [6.45, 7) is 16.3. The predicted octanol–water partition coefficient (Wildman–Crippen LogP) is 1.47. The van der Waals surface area contributed by atoms with Gasteiger partial charge in [-0.15, -0.1) is 18.3 Å². The normalized spacial score (nSPS) is 28.7. The highest BCUT2D eigenvalue weighted by atomic mass is 32.2. The molecule has 3 unspecified atom stereocenters. The van der Waals surface area contributed by atoms with Crippen LogP contribution in [0.1, 0.15) is 60.5 Å². The van der Waals surface area contributed by atoms with Crippen LogP contribution in [0.5, 0.6) is 0 Å². The second-order valence-corrected chi connectivity index (χ2v) is 14.1. The lowest BCUT2D eigenvalue weighted by atomic mass is 9.97. The summed E-state index contributed by atoms with van der Waals surface area (Å²) in [5, 5.41) is 26.0. The zero-order valence-electron chi connectivity index (χ0n) is 28.5. The Labute approximate surface area is 282 Å². The molecule has 0 spiro atoms. The maximum Gasteiger partial charge on any atom is 0.246 e. The minimum atomic E-state index is -1.15. The van der Waals surface area contributed by atoms with Gasteiger partial charge < -0.3 is 36.4 Å². The number of hydrogen-bond acceptors (Lipinski definition) is 9. The van der Waals surface area contributed by atoms with Crippen LogP contribution in [0.15, 0.2) is 48.0 Å². The molecule has 3 rings (SSSR count). The highest BCUT2D eigenvalue weighted by molar-refractivity contribution is 8.14. The Morgan fingerprint density at radius 2 is 1.60 bits per heavy atom. The number of hydrogen-bond donors (Lipinski definition) is 6. The zero-order chi connectivity index (χ0) is 34.9. The molecule has 4 amide bonds. The number of thioether (sulfide) groups is 1. The molecule has 12 nitrogen and oxygen atoms in total. The number of benzene rings is 1. The first-order valence-electron chi connectivity index (χ1n) is 16.3. The summed E-state index contributed by atoms with van der Waals surface area (Å²) in [6.07, 6.45) is 0.754. The molecule has 260 valence electrons. The van der Waals surface area contributed by atoms with E-state index in [0.29, 0.717) is 23.6 Å². The molecule has 6 N–H and O–H groups in total. The van der Waals surface area contributed by atoms with Crippen molar-refractivity contribution in [3.05, 3.63) is 48.6 Å². The van der Waals surface area contributed by atoms with Crippen molar-refractivity contribution >= 4 is 40.4 Å². The Kier molecular flexibility index (Phi) is 14.0. The lowest BCUT2D eigenvalue weighted by Gasteiger charge is -2.34. The van der Waals surface area contributed by atoms with Crippen LogP contribution in [0.2, 0.25) is 0 Å². The van der Waals surface area contributed by atoms with E-state index in [9.17, 15) is 24.3 Å². The number of carbonyl (C=O) groups is 4. The van der Waals surface area contributed by atoms with Crippen molar-refractivity contribution < 1.29 is 29.0 Å². The fourth-order valence-corrected chi connectivity index (χ4v) is 6.49. The van der Waals surface area contributed by atoms with Gasteiger partial charge in [0, 0.05) is 18.3 Å². The van der Waals surface area contributed by atoms with Gasteiger partial charge >= 0.3 is 0 Å². The predicted molar refractivity (Wildman–Crippen MR) is 185 cm³/mol. The summed E-state index contributed by atoms with van der Waals surface area (Å²) in [5.41, 5.74) is 0.132. The van der Waals surface area contributed by atoms with Gasteiger partial charge in [-0.2, -0.15) is 0 Å². The summed E-state index contributed by atoms with van der Waals surface area (Å²) < 4.78 is 6.19. The van der Waals surface area contributed by atoms with Crippen molar-refractivity contribution in [3.63, 3.8) is 0 Å². The minimum Gasteiger partial charge on any atom is -0.391 e. The lowest BCUT2D eigenvalue weighted by molar-refractivity contribution is -0.138. The van der Waals surface area contributed by atoms with Gasteiger partial charge in [0.05, 0.1) is 28.9 Å². The third-order valence-electron chi connectivity index (χ3n) is 8.55. The Hall–Kier alpha value is -3.26. The molecular weight excluding hydrogens is 620 g/mol. The van der Waals surface area contributed by atoms with Gasteiger partial charge in [-0.05, 0) is 52.5 Å². The summed E-state index contributed by atoms with van der Waals surface area (Å²) in [7, 11) is 0. The van der Waals surface area contributed by atoms with E-state index in [2.05, 4.69) is 38.2 Å². The Morgan fingerprint density at radius 3 is 2.21 bits per heavy atom. The number of aliphatic hydroxyl groups excluding tert-OH is 1. The SMILES string of the molecule is C=CC(C)(C)OC(C)[C@@H]1NC(=O)[C@H](C(C)CC)NC(=O)[C@H]2CSC(=N2)[C@H](C)NC(=O)[C@H](C(C)O)NC[C@H](Cc2ccccc2)NC1=O. The monoisotopic (exact) mass is 672 g/mol. The first-order chi connectivity index (χ1) is 22.1. The van der Waals surface area contributed by atoms with E-state index in [1.54, 1.807) is 33.8 Å². The molecule has 47 heavy (non-hydrogen) atoms. The van der Waals surface area contributed by atoms with Crippen LogP contribution < -0.4 is 26.6 Å². The van der Waals surface area contributed by atoms with Crippen LogP contribution in [-0.4, -0.2) is 100 Å². The Morgan fingerprint density at radius 1 is 0.979 bits per heavy atom. The van der Waals surface area contributed by atoms with Gasteiger partial charge in [0.25, 0.3) is 0 Å². The molecule has 9 atom stereocenters. The molecule has 0 radical (unpaired) electrons. The molecular formula is C34H52N6O6S. The van der Waals surface area contributed by atoms with E-state index >= 15 is 0 Å². The van der Waals surface area contributed by atoms with Crippen molar-refractivity contribution in [2.24, 2.45) is 10.9 Å². The molecule has 2 bridgehead atoms. The number of fused-ring (bicyclic) bond motifs is 1. The van der Waals surface area contributed by atoms with Crippen LogP contribution in [0, 0.1) is 5.92 Å². The van der Waals surface area contributed by atoms with Crippen LogP contribution in [0.3, 0.4) is 0 Å². The molecule has 1 aromatic carbocycles. The van der Waals surface area contributed by atoms with E-state index < -0.39 is 77.7 Å². The van der Waals surface area contributed by atoms with Crippen LogP contribution in [-0.2, 0) is 30.3 Å². The third-order valence-corrected chi connectivity index (χ3v) is 9.79. The zero-order valence-corrected chi connectivity index (χ0v) is 29.4. The van der Waals surface area contributed by atoms with Gasteiger partial charge in [0.1, 0.15) is 24.2 Å². The summed E-state index contributed by atoms with van der Waals surface area (Å²) >= 11 is 1.36. The van der Waals surface area contributed by atoms with Crippen molar-refractivity contribution in [2.75, 3.05) is 12.3 Å². The van der Waals surface area contributed by atoms with Gasteiger partial charge in [-0.3, -0.25) is 24.2 Å². The van der Waals surface area contributed by atoms with Crippen LogP contribution in [0.4, 0.5) is 0 Å². The highest BCUT2D eigenvalue weighted by Gasteiger charge is 2.38. The van der Waals surface area contributed by atoms with Crippen molar-refractivity contribution in [1.29, 1.82) is 0 Å². The molecule has 0 saturated heterocycles. The average Bonchev–Trinajstić information content (AvgIpc) is 3.52. The van der Waals surface area contributed by atoms with Crippen molar-refractivity contribution in [1.82, 2.24) is 26.6 Å². The number of aliphatic hydroxyl groups is 1. The quantitative estimate of drug-likeness (QED) is 0.214. The Bertz CT molecular complexity index is 1290. The lowest BCUT2D eigenvalue weighted by Crippen LogP contribution is -2.62. The maximum atomic E-state index is 14.1. The topological polar surface area (TPSA) is 170 Å². The molecule has 2 aliphatic heterocycles. The van der Waals surface area contributed by atoms with E-state index in [1.807, 2.05) is 44.2 Å². The largest absolute Gasteiger partial charge is 0.391 e. The molecule has 0 aromatic heterocycles. The fraction of sp³-hybridized carbons (Fsp3) is 0.618. The standard InChI is InChI=1S/C34H52N6O6S/c1-9-19(3)26-30(43)40-28(22(6)46-34(7,8)10-2)32(45)37-24(16-23-14-12-11-13-15-23)17-35-27(21(5)41)31(44)36-20(4)33-38-25(18-47-33)29(42)39-26/h10-15,19-22,24-28,35,41H,2,9,16-18H2,1,3-8H3,(H,36,44)(H,37,45)(H,39,42)(H,40,43)/t19?,20-,21?,22?,24-,25+,26-,27-,28-/m0/s1. The molecule has 0 saturated carbocycles. The second kappa shape index (κ2) is 17.2. The first kappa shape index (κ1) is 38.2. The number of rotatable bonds is 9. The van der Waals surface area contributed by atoms with Crippen molar-refractivity contribution in [3.8, 4) is 0 Å². The molecule has 2 aliphatic rings. The minimum absolute atomic E-state index is 0.134. The van der Waals surface area contributed by atoms with Crippen LogP contribution in [0.25, 0.3) is 0 Å². The smallest absolute Gasteiger partial charge is 0.246 e. The first-order valence-corrected chi connectivity index (χ1v) is 17.3. The number of aliphatic imine (C=N–C) groups is 1. The number of nitrogens with zero attached hydrogens (tertiary/aromatic N) is 1. The van der Waals surface area contributed by atoms with Crippen molar-refractivity contribution in [2.45, 2.75) is 115 Å². The second-order valence-electron chi connectivity index (χ2n) is 13.0. The Balaban J connectivity index is 2.05. The van der Waals surface area contributed by atoms with Gasteiger partial charge in [-0.25, -0.2) is 0 Å². The van der Waals surface area contributed by atoms with E-state index in [4.69, 9.17) is 4.74 Å². The number of carbonyl (C=O) groups excluding carboxylic acids is 4. The molecule has 0 aliphatic carbocycles. The molecule has 2 heterocycles. The van der Waals surface area contributed by atoms with E-state index in [1.165, 1.54) is 18.7 Å². The number of nitrogens with one attached hydrogen (secondary N) is 5. The van der Waals surface area contributed by atoms with Gasteiger partial charge in [0.2, 0.25) is 23.6 Å². The highest BCUT2D eigenvalue weighted by Crippen LogP contribution is 2.22. The molecule has 13 heteroatoms. The van der Waals surface area contributed by atoms with E-state index in [-0.39, 0.29) is 12.5 Å². The summed E-state index contributed by atoms with van der Waals surface area (Å²) in [5.74, 6) is -1.78. The summed E-state index contributed by atoms with van der Waals surface area (Å²) in [4.78, 5) is 59.4. The molecule has 1 aromatic rings. The average molecular weight is 673 g/mol. The van der Waals surface area contributed by atoms with Crippen LogP contribution >= 0.6 is 11.8 Å². The third kappa shape index (κ3) is 10.9. The number of amides is 4. The summed E-state index contributed by atoms with van der Waals surface area (Å²) in [6, 6.07) is 4.66. The number of ether oxygens (including phenoxy) is 1.